The highest BCUT2D eigenvalue weighted by Gasteiger charge is 2.09. The molecule has 0 saturated carbocycles. The van der Waals surface area contributed by atoms with Crippen LogP contribution in [0.25, 0.3) is 11.0 Å². The van der Waals surface area contributed by atoms with E-state index in [2.05, 4.69) is 21.2 Å². The first-order valence-corrected chi connectivity index (χ1v) is 6.06. The van der Waals surface area contributed by atoms with Crippen molar-refractivity contribution in [3.8, 4) is 0 Å². The standard InChI is InChI=1S/C12H13BrFNO2/c1-16-3-2-15-6-8-7-17-12-5-11(14)10(13)4-9(8)12/h4-5,7,15H,2-3,6H2,1H3. The lowest BCUT2D eigenvalue weighted by molar-refractivity contribution is 0.199. The van der Waals surface area contributed by atoms with Crippen LogP contribution in [-0.2, 0) is 11.3 Å². The Hall–Kier alpha value is -0.910. The molecular weight excluding hydrogens is 289 g/mol. The Morgan fingerprint density at radius 1 is 1.47 bits per heavy atom. The molecular formula is C12H13BrFNO2. The second-order valence-corrected chi connectivity index (χ2v) is 4.55. The Morgan fingerprint density at radius 3 is 3.06 bits per heavy atom. The summed E-state index contributed by atoms with van der Waals surface area (Å²) in [5.74, 6) is -0.314. The van der Waals surface area contributed by atoms with E-state index in [0.717, 1.165) is 17.5 Å². The minimum absolute atomic E-state index is 0.314. The molecule has 3 nitrogen and oxygen atoms in total. The Bertz CT molecular complexity index is 512. The Balaban J connectivity index is 2.15. The summed E-state index contributed by atoms with van der Waals surface area (Å²) in [6, 6.07) is 3.12. The fraction of sp³-hybridized carbons (Fsp3) is 0.333. The van der Waals surface area contributed by atoms with Crippen molar-refractivity contribution < 1.29 is 13.5 Å². The number of hydrogen-bond acceptors (Lipinski definition) is 3. The van der Waals surface area contributed by atoms with Gasteiger partial charge in [0.05, 0.1) is 17.3 Å². The molecule has 0 unspecified atom stereocenters. The van der Waals surface area contributed by atoms with E-state index < -0.39 is 0 Å². The molecule has 0 aliphatic rings. The van der Waals surface area contributed by atoms with E-state index in [9.17, 15) is 4.39 Å². The molecule has 2 aromatic rings. The number of fused-ring (bicyclic) bond motifs is 1. The molecule has 0 spiro atoms. The smallest absolute Gasteiger partial charge is 0.141 e. The Labute approximate surface area is 107 Å². The van der Waals surface area contributed by atoms with Crippen LogP contribution in [0.1, 0.15) is 5.56 Å². The van der Waals surface area contributed by atoms with E-state index in [4.69, 9.17) is 9.15 Å². The summed E-state index contributed by atoms with van der Waals surface area (Å²) >= 11 is 3.17. The maximum Gasteiger partial charge on any atom is 0.141 e. The molecule has 92 valence electrons. The van der Waals surface area contributed by atoms with Crippen molar-refractivity contribution in [1.82, 2.24) is 5.32 Å². The number of methoxy groups -OCH3 is 1. The van der Waals surface area contributed by atoms with Crippen molar-refractivity contribution in [3.63, 3.8) is 0 Å². The predicted octanol–water partition coefficient (Wildman–Crippen LogP) is 3.07. The van der Waals surface area contributed by atoms with Crippen LogP contribution in [0.3, 0.4) is 0 Å². The lowest BCUT2D eigenvalue weighted by Gasteiger charge is -2.02. The van der Waals surface area contributed by atoms with Crippen LogP contribution in [0.4, 0.5) is 4.39 Å². The highest BCUT2D eigenvalue weighted by atomic mass is 79.9. The Kier molecular flexibility index (Phi) is 4.15. The number of nitrogens with one attached hydrogen (secondary N) is 1. The fourth-order valence-electron chi connectivity index (χ4n) is 1.61. The maximum absolute atomic E-state index is 13.3. The van der Waals surface area contributed by atoms with Gasteiger partial charge in [0, 0.05) is 37.2 Å². The third kappa shape index (κ3) is 2.86. The quantitative estimate of drug-likeness (QED) is 0.862. The molecule has 0 amide bonds. The van der Waals surface area contributed by atoms with Crippen molar-refractivity contribution in [2.75, 3.05) is 20.3 Å². The van der Waals surface area contributed by atoms with Gasteiger partial charge >= 0.3 is 0 Å². The molecule has 5 heteroatoms. The number of rotatable bonds is 5. The normalized spacial score (nSPS) is 11.2. The number of furan rings is 1. The van der Waals surface area contributed by atoms with Crippen molar-refractivity contribution in [2.24, 2.45) is 0 Å². The maximum atomic E-state index is 13.3. The van der Waals surface area contributed by atoms with Crippen LogP contribution >= 0.6 is 15.9 Å². The zero-order valence-corrected chi connectivity index (χ0v) is 11.0. The first-order chi connectivity index (χ1) is 8.22. The molecule has 1 aromatic carbocycles. The van der Waals surface area contributed by atoms with Gasteiger partial charge in [-0.05, 0) is 22.0 Å². The summed E-state index contributed by atoms with van der Waals surface area (Å²) < 4.78 is 24.0. The summed E-state index contributed by atoms with van der Waals surface area (Å²) in [5, 5.41) is 4.14. The molecule has 0 aliphatic heterocycles. The molecule has 1 N–H and O–H groups in total. The van der Waals surface area contributed by atoms with E-state index in [-0.39, 0.29) is 5.82 Å². The number of halogens is 2. The molecule has 1 aromatic heterocycles. The molecule has 0 bridgehead atoms. The second-order valence-electron chi connectivity index (χ2n) is 3.69. The van der Waals surface area contributed by atoms with E-state index in [1.54, 1.807) is 19.4 Å². The molecule has 1 heterocycles. The van der Waals surface area contributed by atoms with Crippen molar-refractivity contribution >= 4 is 26.9 Å². The van der Waals surface area contributed by atoms with Gasteiger partial charge in [0.25, 0.3) is 0 Å². The van der Waals surface area contributed by atoms with Gasteiger partial charge in [-0.1, -0.05) is 0 Å². The SMILES string of the molecule is COCCNCc1coc2cc(F)c(Br)cc12. The number of hydrogen-bond donors (Lipinski definition) is 1. The van der Waals surface area contributed by atoms with E-state index >= 15 is 0 Å². The summed E-state index contributed by atoms with van der Waals surface area (Å²) in [5.41, 5.74) is 1.58. The summed E-state index contributed by atoms with van der Waals surface area (Å²) in [4.78, 5) is 0. The van der Waals surface area contributed by atoms with Crippen LogP contribution < -0.4 is 5.32 Å². The van der Waals surface area contributed by atoms with E-state index in [1.165, 1.54) is 6.07 Å². The third-order valence-corrected chi connectivity index (χ3v) is 3.10. The monoisotopic (exact) mass is 301 g/mol. The largest absolute Gasteiger partial charge is 0.464 e. The molecule has 0 radical (unpaired) electrons. The molecule has 0 atom stereocenters. The molecule has 17 heavy (non-hydrogen) atoms. The van der Waals surface area contributed by atoms with E-state index in [1.807, 2.05) is 0 Å². The third-order valence-electron chi connectivity index (χ3n) is 2.50. The highest BCUT2D eigenvalue weighted by molar-refractivity contribution is 9.10. The lowest BCUT2D eigenvalue weighted by atomic mass is 10.2. The van der Waals surface area contributed by atoms with Gasteiger partial charge < -0.3 is 14.5 Å². The average Bonchev–Trinajstić information content (AvgIpc) is 2.68. The minimum atomic E-state index is -0.314. The van der Waals surface area contributed by atoms with Gasteiger partial charge in [0.2, 0.25) is 0 Å². The van der Waals surface area contributed by atoms with Crippen molar-refractivity contribution in [3.05, 3.63) is 34.2 Å². The van der Waals surface area contributed by atoms with Crippen molar-refractivity contribution in [1.29, 1.82) is 0 Å². The first kappa shape index (κ1) is 12.5. The summed E-state index contributed by atoms with van der Waals surface area (Å²) in [6.07, 6.45) is 1.65. The van der Waals surface area contributed by atoms with Crippen LogP contribution in [0.15, 0.2) is 27.3 Å². The van der Waals surface area contributed by atoms with Crippen LogP contribution in [-0.4, -0.2) is 20.3 Å². The highest BCUT2D eigenvalue weighted by Crippen LogP contribution is 2.27. The zero-order chi connectivity index (χ0) is 12.3. The second kappa shape index (κ2) is 5.62. The van der Waals surface area contributed by atoms with Gasteiger partial charge in [-0.25, -0.2) is 4.39 Å². The van der Waals surface area contributed by atoms with Gasteiger partial charge in [-0.15, -0.1) is 0 Å². The van der Waals surface area contributed by atoms with Crippen LogP contribution in [0.2, 0.25) is 0 Å². The van der Waals surface area contributed by atoms with Gasteiger partial charge in [0.15, 0.2) is 0 Å². The van der Waals surface area contributed by atoms with Gasteiger partial charge in [-0.2, -0.15) is 0 Å². The van der Waals surface area contributed by atoms with Crippen LogP contribution in [0, 0.1) is 5.82 Å². The predicted molar refractivity (Wildman–Crippen MR) is 67.5 cm³/mol. The Morgan fingerprint density at radius 2 is 2.29 bits per heavy atom. The van der Waals surface area contributed by atoms with Gasteiger partial charge in [0.1, 0.15) is 11.4 Å². The molecule has 0 fully saturated rings. The van der Waals surface area contributed by atoms with E-state index in [0.29, 0.717) is 23.2 Å². The average molecular weight is 302 g/mol. The topological polar surface area (TPSA) is 34.4 Å². The first-order valence-electron chi connectivity index (χ1n) is 5.27. The summed E-state index contributed by atoms with van der Waals surface area (Å²) in [7, 11) is 1.66. The fourth-order valence-corrected chi connectivity index (χ4v) is 1.95. The zero-order valence-electron chi connectivity index (χ0n) is 9.43. The minimum Gasteiger partial charge on any atom is -0.464 e. The molecule has 2 rings (SSSR count). The van der Waals surface area contributed by atoms with Gasteiger partial charge in [-0.3, -0.25) is 0 Å². The van der Waals surface area contributed by atoms with Crippen molar-refractivity contribution in [2.45, 2.75) is 6.54 Å². The van der Waals surface area contributed by atoms with Crippen LogP contribution in [0.5, 0.6) is 0 Å². The number of benzene rings is 1. The molecule has 0 aliphatic carbocycles. The molecule has 0 saturated heterocycles. The lowest BCUT2D eigenvalue weighted by Crippen LogP contribution is -2.18. The number of ether oxygens (including phenoxy) is 1. The summed E-state index contributed by atoms with van der Waals surface area (Å²) in [6.45, 7) is 2.11.